The minimum absolute atomic E-state index is 0.205. The molecule has 108 valence electrons. The maximum atomic E-state index is 13.2. The van der Waals surface area contributed by atoms with Gasteiger partial charge in [0.2, 0.25) is 5.91 Å². The van der Waals surface area contributed by atoms with Gasteiger partial charge in [0.25, 0.3) is 0 Å². The van der Waals surface area contributed by atoms with Gasteiger partial charge in [-0.3, -0.25) is 4.79 Å². The van der Waals surface area contributed by atoms with Crippen molar-refractivity contribution in [3.05, 3.63) is 53.8 Å². The van der Waals surface area contributed by atoms with Crippen LogP contribution in [-0.2, 0) is 11.2 Å². The van der Waals surface area contributed by atoms with Crippen molar-refractivity contribution in [1.82, 2.24) is 0 Å². The molecule has 0 atom stereocenters. The largest absolute Gasteiger partial charge is 0.397 e. The molecule has 21 heavy (non-hydrogen) atoms. The Bertz CT molecular complexity index is 687. The van der Waals surface area contributed by atoms with E-state index in [-0.39, 0.29) is 12.5 Å². The van der Waals surface area contributed by atoms with Crippen LogP contribution in [0, 0.1) is 5.82 Å². The third-order valence-electron chi connectivity index (χ3n) is 3.61. The Hall–Kier alpha value is -2.56. The van der Waals surface area contributed by atoms with Gasteiger partial charge in [0.1, 0.15) is 5.82 Å². The summed E-state index contributed by atoms with van der Waals surface area (Å²) < 4.78 is 13.2. The van der Waals surface area contributed by atoms with E-state index in [1.165, 1.54) is 23.8 Å². The third-order valence-corrected chi connectivity index (χ3v) is 3.61. The van der Waals surface area contributed by atoms with E-state index in [1.807, 2.05) is 23.1 Å². The zero-order valence-electron chi connectivity index (χ0n) is 11.5. The first kappa shape index (κ1) is 13.4. The van der Waals surface area contributed by atoms with E-state index in [0.29, 0.717) is 11.4 Å². The number of carbonyl (C=O) groups is 1. The van der Waals surface area contributed by atoms with Gasteiger partial charge in [0.05, 0.1) is 17.9 Å². The monoisotopic (exact) mass is 285 g/mol. The van der Waals surface area contributed by atoms with E-state index < -0.39 is 5.82 Å². The summed E-state index contributed by atoms with van der Waals surface area (Å²) in [5.74, 6) is -0.630. The molecule has 0 bridgehead atoms. The lowest BCUT2D eigenvalue weighted by atomic mass is 10.2. The first-order chi connectivity index (χ1) is 10.1. The number of rotatable bonds is 3. The first-order valence-electron chi connectivity index (χ1n) is 6.81. The molecule has 4 nitrogen and oxygen atoms in total. The number of nitrogens with one attached hydrogen (secondary N) is 1. The fourth-order valence-electron chi connectivity index (χ4n) is 2.57. The van der Waals surface area contributed by atoms with Gasteiger partial charge in [-0.15, -0.1) is 0 Å². The third kappa shape index (κ3) is 2.81. The normalized spacial score (nSPS) is 13.1. The highest BCUT2D eigenvalue weighted by Gasteiger charge is 2.20. The SMILES string of the molecule is Nc1ccc(F)cc1NC(=O)CN1CCc2ccccc21. The molecule has 1 aliphatic rings. The van der Waals surface area contributed by atoms with E-state index in [0.717, 1.165) is 18.7 Å². The lowest BCUT2D eigenvalue weighted by Gasteiger charge is -2.19. The van der Waals surface area contributed by atoms with Crippen LogP contribution >= 0.6 is 0 Å². The Kier molecular flexibility index (Phi) is 3.48. The molecule has 1 amide bonds. The summed E-state index contributed by atoms with van der Waals surface area (Å²) in [5.41, 5.74) is 8.72. The highest BCUT2D eigenvalue weighted by atomic mass is 19.1. The highest BCUT2D eigenvalue weighted by Crippen LogP contribution is 2.27. The van der Waals surface area contributed by atoms with Gasteiger partial charge >= 0.3 is 0 Å². The smallest absolute Gasteiger partial charge is 0.243 e. The summed E-state index contributed by atoms with van der Waals surface area (Å²) in [6.45, 7) is 1.04. The highest BCUT2D eigenvalue weighted by molar-refractivity contribution is 5.96. The second-order valence-electron chi connectivity index (χ2n) is 5.08. The fourth-order valence-corrected chi connectivity index (χ4v) is 2.57. The van der Waals surface area contributed by atoms with Crippen LogP contribution in [0.2, 0.25) is 0 Å². The van der Waals surface area contributed by atoms with Crippen LogP contribution in [-0.4, -0.2) is 19.0 Å². The predicted molar refractivity (Wildman–Crippen MR) is 81.8 cm³/mol. The fraction of sp³-hybridized carbons (Fsp3) is 0.188. The molecule has 0 aromatic heterocycles. The molecule has 3 rings (SSSR count). The number of amides is 1. The van der Waals surface area contributed by atoms with Gasteiger partial charge in [-0.25, -0.2) is 4.39 Å². The minimum atomic E-state index is -0.425. The molecule has 1 aliphatic heterocycles. The van der Waals surface area contributed by atoms with Crippen LogP contribution in [0.1, 0.15) is 5.56 Å². The van der Waals surface area contributed by atoms with Crippen LogP contribution in [0.25, 0.3) is 0 Å². The molecule has 0 fully saturated rings. The maximum Gasteiger partial charge on any atom is 0.243 e. The summed E-state index contributed by atoms with van der Waals surface area (Å²) in [5, 5.41) is 2.66. The van der Waals surface area contributed by atoms with Gasteiger partial charge in [-0.2, -0.15) is 0 Å². The molecule has 0 unspecified atom stereocenters. The summed E-state index contributed by atoms with van der Waals surface area (Å²) in [4.78, 5) is 14.1. The zero-order chi connectivity index (χ0) is 14.8. The van der Waals surface area contributed by atoms with Crippen molar-refractivity contribution in [3.8, 4) is 0 Å². The molecule has 0 radical (unpaired) electrons. The first-order valence-corrected chi connectivity index (χ1v) is 6.81. The van der Waals surface area contributed by atoms with E-state index >= 15 is 0 Å². The number of fused-ring (bicyclic) bond motifs is 1. The molecule has 5 heteroatoms. The van der Waals surface area contributed by atoms with E-state index in [1.54, 1.807) is 0 Å². The number of halogens is 1. The number of anilines is 3. The molecular weight excluding hydrogens is 269 g/mol. The lowest BCUT2D eigenvalue weighted by molar-refractivity contribution is -0.114. The number of hydrogen-bond donors (Lipinski definition) is 2. The molecule has 0 saturated carbocycles. The van der Waals surface area contributed by atoms with Gasteiger partial charge in [0.15, 0.2) is 0 Å². The second kappa shape index (κ2) is 5.44. The van der Waals surface area contributed by atoms with Crippen molar-refractivity contribution in [2.24, 2.45) is 0 Å². The molecule has 0 aliphatic carbocycles. The molecule has 1 heterocycles. The van der Waals surface area contributed by atoms with E-state index in [2.05, 4.69) is 11.4 Å². The maximum absolute atomic E-state index is 13.2. The molecule has 3 N–H and O–H groups in total. The Balaban J connectivity index is 1.69. The van der Waals surface area contributed by atoms with Crippen molar-refractivity contribution in [2.45, 2.75) is 6.42 Å². The van der Waals surface area contributed by atoms with E-state index in [4.69, 9.17) is 5.73 Å². The Morgan fingerprint density at radius 1 is 1.29 bits per heavy atom. The number of carbonyl (C=O) groups excluding carboxylic acids is 1. The van der Waals surface area contributed by atoms with Gasteiger partial charge in [0, 0.05) is 12.2 Å². The number of nitrogens with two attached hydrogens (primary N) is 1. The summed E-state index contributed by atoms with van der Waals surface area (Å²) in [6, 6.07) is 12.0. The molecule has 2 aromatic carbocycles. The zero-order valence-corrected chi connectivity index (χ0v) is 11.5. The summed E-state index contributed by atoms with van der Waals surface area (Å²) in [6.07, 6.45) is 0.936. The van der Waals surface area contributed by atoms with Crippen LogP contribution in [0.15, 0.2) is 42.5 Å². The van der Waals surface area contributed by atoms with Crippen molar-refractivity contribution >= 4 is 23.0 Å². The van der Waals surface area contributed by atoms with Crippen LogP contribution < -0.4 is 16.0 Å². The molecular formula is C16H16FN3O. The minimum Gasteiger partial charge on any atom is -0.397 e. The predicted octanol–water partition coefficient (Wildman–Crippen LogP) is 2.41. The van der Waals surface area contributed by atoms with Crippen molar-refractivity contribution < 1.29 is 9.18 Å². The number of para-hydroxylation sites is 1. The van der Waals surface area contributed by atoms with Crippen molar-refractivity contribution in [1.29, 1.82) is 0 Å². The van der Waals surface area contributed by atoms with Crippen molar-refractivity contribution in [2.75, 3.05) is 29.0 Å². The van der Waals surface area contributed by atoms with Crippen LogP contribution in [0.5, 0.6) is 0 Å². The Morgan fingerprint density at radius 2 is 2.10 bits per heavy atom. The number of nitrogens with zero attached hydrogens (tertiary/aromatic N) is 1. The van der Waals surface area contributed by atoms with Crippen molar-refractivity contribution in [3.63, 3.8) is 0 Å². The van der Waals surface area contributed by atoms with Crippen LogP contribution in [0.3, 0.4) is 0 Å². The summed E-state index contributed by atoms with van der Waals surface area (Å²) >= 11 is 0. The topological polar surface area (TPSA) is 58.4 Å². The van der Waals surface area contributed by atoms with Gasteiger partial charge in [-0.1, -0.05) is 18.2 Å². The number of benzene rings is 2. The molecule has 0 spiro atoms. The molecule has 0 saturated heterocycles. The lowest BCUT2D eigenvalue weighted by Crippen LogP contribution is -2.32. The average molecular weight is 285 g/mol. The summed E-state index contributed by atoms with van der Waals surface area (Å²) in [7, 11) is 0. The average Bonchev–Trinajstić information content (AvgIpc) is 2.86. The number of hydrogen-bond acceptors (Lipinski definition) is 3. The second-order valence-corrected chi connectivity index (χ2v) is 5.08. The van der Waals surface area contributed by atoms with Gasteiger partial charge < -0.3 is 16.0 Å². The number of nitrogen functional groups attached to an aromatic ring is 1. The molecule has 2 aromatic rings. The Labute approximate surface area is 122 Å². The quantitative estimate of drug-likeness (QED) is 0.851. The van der Waals surface area contributed by atoms with E-state index in [9.17, 15) is 9.18 Å². The Morgan fingerprint density at radius 3 is 2.95 bits per heavy atom. The van der Waals surface area contributed by atoms with Gasteiger partial charge in [-0.05, 0) is 36.2 Å². The standard InChI is InChI=1S/C16H16FN3O/c17-12-5-6-13(18)14(9-12)19-16(21)10-20-8-7-11-3-1-2-4-15(11)20/h1-6,9H,7-8,10,18H2,(H,19,21). The van der Waals surface area contributed by atoms with Crippen LogP contribution in [0.4, 0.5) is 21.5 Å².